The summed E-state index contributed by atoms with van der Waals surface area (Å²) in [4.78, 5) is 37.6. The van der Waals surface area contributed by atoms with Crippen molar-refractivity contribution in [2.75, 3.05) is 47.5 Å². The second-order valence-corrected chi connectivity index (χ2v) is 28.0. The monoisotopic (exact) mass is 1300 g/mol. The van der Waals surface area contributed by atoms with Gasteiger partial charge in [0.1, 0.15) is 13.2 Å². The first-order valence-corrected chi connectivity index (χ1v) is 39.7. The molecule has 0 N–H and O–H groups in total. The molecule has 0 saturated heterocycles. The van der Waals surface area contributed by atoms with Crippen LogP contribution in [0.2, 0.25) is 0 Å². The number of unbranched alkanes of at least 4 members (excludes halogenated alkanes) is 45. The van der Waals surface area contributed by atoms with Gasteiger partial charge in [-0.25, -0.2) is 0 Å². The molecule has 540 valence electrons. The molecule has 0 aromatic carbocycles. The van der Waals surface area contributed by atoms with E-state index >= 15 is 0 Å². The average molecular weight is 1300 g/mol. The van der Waals surface area contributed by atoms with Crippen LogP contribution in [0.1, 0.15) is 373 Å². The lowest BCUT2D eigenvalue weighted by Crippen LogP contribution is -2.44. The third kappa shape index (κ3) is 75.7. The third-order valence-electron chi connectivity index (χ3n) is 17.6. The van der Waals surface area contributed by atoms with Gasteiger partial charge in [0.15, 0.2) is 12.4 Å². The summed E-state index contributed by atoms with van der Waals surface area (Å²) in [5.41, 5.74) is 0. The number of carbonyl (C=O) groups excluding carboxylic acids is 3. The van der Waals surface area contributed by atoms with Crippen molar-refractivity contribution in [1.82, 2.24) is 0 Å². The van der Waals surface area contributed by atoms with Crippen molar-refractivity contribution < 1.29 is 42.9 Å². The highest BCUT2D eigenvalue weighted by Crippen LogP contribution is 2.19. The Bertz CT molecular complexity index is 1810. The molecular weight excluding hydrogens is 1150 g/mol. The molecule has 0 spiro atoms. The van der Waals surface area contributed by atoms with Crippen LogP contribution in [0.5, 0.6) is 0 Å². The Labute approximate surface area is 576 Å². The van der Waals surface area contributed by atoms with Gasteiger partial charge in [-0.05, 0) is 89.9 Å². The number of quaternary nitrogens is 1. The Morgan fingerprint density at radius 2 is 0.613 bits per heavy atom. The van der Waals surface area contributed by atoms with Gasteiger partial charge in [-0.15, -0.1) is 0 Å². The third-order valence-corrected chi connectivity index (χ3v) is 17.6. The molecule has 0 aliphatic heterocycles. The Morgan fingerprint density at radius 1 is 0.333 bits per heavy atom. The number of esters is 2. The molecule has 2 atom stereocenters. The van der Waals surface area contributed by atoms with Gasteiger partial charge in [0.05, 0.1) is 40.3 Å². The first-order chi connectivity index (χ1) is 45.6. The fraction of sp³-hybridized carbons (Fsp3) is 0.798. The summed E-state index contributed by atoms with van der Waals surface area (Å²) < 4.78 is 22.9. The van der Waals surface area contributed by atoms with E-state index in [-0.39, 0.29) is 32.2 Å². The van der Waals surface area contributed by atoms with Gasteiger partial charge in [-0.1, -0.05) is 356 Å². The molecule has 0 aliphatic carbocycles. The standard InChI is InChI=1S/C84H151NO8/c1-6-8-10-12-14-16-18-20-22-24-26-28-30-32-34-35-36-37-38-39-40-41-42-43-44-45-46-47-49-50-52-54-56-58-60-62-64-66-68-70-72-74-81(86)91-78-80(79-92-84(83(88)89)90-77-76-85(3,4)5)93-82(87)75-73-71-69-67-65-63-61-59-57-55-53-51-48-33-31-29-27-25-23-21-19-17-15-13-11-9-7-2/h9,11,15,17-18,20-21,23-24,26-27,29,33,48,80,84H,6-8,10,12-14,16,19,22,25,28,30-32,34-47,49-79H2,1-5H3/b11-9-,17-15-,20-18-,23-21-,26-24-,29-27-,48-33-. The summed E-state index contributed by atoms with van der Waals surface area (Å²) in [6.45, 7) is 4.67. The summed E-state index contributed by atoms with van der Waals surface area (Å²) in [7, 11) is 5.94. The van der Waals surface area contributed by atoms with Crippen molar-refractivity contribution in [1.29, 1.82) is 0 Å². The highest BCUT2D eigenvalue weighted by molar-refractivity contribution is 5.70. The fourth-order valence-corrected chi connectivity index (χ4v) is 11.6. The van der Waals surface area contributed by atoms with E-state index in [1.54, 1.807) is 0 Å². The number of carbonyl (C=O) groups is 3. The number of hydrogen-bond acceptors (Lipinski definition) is 8. The molecule has 2 unspecified atom stereocenters. The van der Waals surface area contributed by atoms with E-state index in [4.69, 9.17) is 18.9 Å². The van der Waals surface area contributed by atoms with E-state index in [0.29, 0.717) is 23.9 Å². The predicted octanol–water partition coefficient (Wildman–Crippen LogP) is 24.0. The van der Waals surface area contributed by atoms with Crippen LogP contribution < -0.4 is 5.11 Å². The zero-order chi connectivity index (χ0) is 67.5. The Kier molecular flexibility index (Phi) is 71.4. The van der Waals surface area contributed by atoms with E-state index in [1.807, 2.05) is 21.1 Å². The molecule has 9 nitrogen and oxygen atoms in total. The molecule has 0 radical (unpaired) electrons. The van der Waals surface area contributed by atoms with Crippen molar-refractivity contribution in [3.63, 3.8) is 0 Å². The minimum Gasteiger partial charge on any atom is -0.545 e. The van der Waals surface area contributed by atoms with Crippen molar-refractivity contribution in [2.24, 2.45) is 0 Å². The SMILES string of the molecule is CC/C=C\C/C=C\C/C=C\C/C=C\C/C=C\CCCCCCCCCCCCCC(=O)OC(COC(=O)CCCCCCCCCCCCCCCCCCCCCCCCCCCCCCC/C=C\C/C=C\CCCCCCC)COC(OCC[N+](C)(C)C)C(=O)[O-]. The molecule has 0 aromatic rings. The summed E-state index contributed by atoms with van der Waals surface area (Å²) in [5, 5.41) is 11.8. The topological polar surface area (TPSA) is 111 Å². The number of ether oxygens (including phenoxy) is 4. The summed E-state index contributed by atoms with van der Waals surface area (Å²) in [5.74, 6) is -2.27. The predicted molar refractivity (Wildman–Crippen MR) is 398 cm³/mol. The van der Waals surface area contributed by atoms with E-state index in [2.05, 4.69) is 98.9 Å². The molecule has 0 aliphatic rings. The molecule has 0 saturated carbocycles. The molecule has 93 heavy (non-hydrogen) atoms. The van der Waals surface area contributed by atoms with Gasteiger partial charge >= 0.3 is 11.9 Å². The second-order valence-electron chi connectivity index (χ2n) is 28.0. The Morgan fingerprint density at radius 3 is 0.914 bits per heavy atom. The number of rotatable bonds is 74. The van der Waals surface area contributed by atoms with Gasteiger partial charge in [0.25, 0.3) is 0 Å². The first-order valence-electron chi connectivity index (χ1n) is 39.7. The minimum absolute atomic E-state index is 0.146. The summed E-state index contributed by atoms with van der Waals surface area (Å²) in [6, 6.07) is 0. The number of aliphatic carboxylic acids is 1. The zero-order valence-corrected chi connectivity index (χ0v) is 61.9. The van der Waals surface area contributed by atoms with Crippen molar-refractivity contribution in [2.45, 2.75) is 386 Å². The van der Waals surface area contributed by atoms with Crippen molar-refractivity contribution in [3.8, 4) is 0 Å². The van der Waals surface area contributed by atoms with Crippen LogP contribution in [0.3, 0.4) is 0 Å². The van der Waals surface area contributed by atoms with Crippen LogP contribution in [-0.2, 0) is 33.3 Å². The van der Waals surface area contributed by atoms with Gasteiger partial charge in [0, 0.05) is 12.8 Å². The fourth-order valence-electron chi connectivity index (χ4n) is 11.6. The van der Waals surface area contributed by atoms with Gasteiger partial charge < -0.3 is 33.3 Å². The van der Waals surface area contributed by atoms with Crippen molar-refractivity contribution in [3.05, 3.63) is 85.1 Å². The maximum Gasteiger partial charge on any atom is 0.306 e. The van der Waals surface area contributed by atoms with Gasteiger partial charge in [-0.3, -0.25) is 9.59 Å². The largest absolute Gasteiger partial charge is 0.545 e. The van der Waals surface area contributed by atoms with Crippen LogP contribution in [0, 0.1) is 0 Å². The zero-order valence-electron chi connectivity index (χ0n) is 61.9. The lowest BCUT2D eigenvalue weighted by Gasteiger charge is -2.26. The van der Waals surface area contributed by atoms with E-state index in [0.717, 1.165) is 83.5 Å². The first kappa shape index (κ1) is 89.5. The lowest BCUT2D eigenvalue weighted by atomic mass is 10.0. The maximum atomic E-state index is 13.0. The molecular formula is C84H151NO8. The quantitative estimate of drug-likeness (QED) is 0.0195. The van der Waals surface area contributed by atoms with Crippen LogP contribution >= 0.6 is 0 Å². The Balaban J connectivity index is 3.96. The Hall–Kier alpha value is -3.53. The molecule has 0 fully saturated rings. The highest BCUT2D eigenvalue weighted by Gasteiger charge is 2.22. The molecule has 0 heterocycles. The number of nitrogens with zero attached hydrogens (tertiary/aromatic N) is 1. The van der Waals surface area contributed by atoms with Gasteiger partial charge in [0.2, 0.25) is 0 Å². The lowest BCUT2D eigenvalue weighted by molar-refractivity contribution is -0.870. The van der Waals surface area contributed by atoms with Crippen LogP contribution in [0.4, 0.5) is 0 Å². The molecule has 0 bridgehead atoms. The molecule has 0 amide bonds. The minimum atomic E-state index is -1.63. The summed E-state index contributed by atoms with van der Waals surface area (Å²) in [6.07, 6.45) is 98.6. The normalized spacial score (nSPS) is 13.1. The number of likely N-dealkylation sites (N-methyl/N-ethyl adjacent to an activating group) is 1. The number of carboxylic acid groups (broad SMARTS) is 1. The second kappa shape index (κ2) is 74.3. The molecule has 9 heteroatoms. The maximum absolute atomic E-state index is 13.0. The molecule has 0 rings (SSSR count). The van der Waals surface area contributed by atoms with E-state index in [9.17, 15) is 19.5 Å². The van der Waals surface area contributed by atoms with E-state index < -0.39 is 24.3 Å². The number of hydrogen-bond donors (Lipinski definition) is 0. The van der Waals surface area contributed by atoms with Gasteiger partial charge in [-0.2, -0.15) is 0 Å². The number of allylic oxidation sites excluding steroid dienone is 14. The smallest absolute Gasteiger partial charge is 0.306 e. The van der Waals surface area contributed by atoms with Crippen LogP contribution in [0.25, 0.3) is 0 Å². The molecule has 0 aromatic heterocycles. The van der Waals surface area contributed by atoms with Crippen LogP contribution in [-0.4, -0.2) is 82.3 Å². The van der Waals surface area contributed by atoms with E-state index in [1.165, 1.54) is 257 Å². The average Bonchev–Trinajstić information content (AvgIpc) is 3.38. The number of carboxylic acids is 1. The summed E-state index contributed by atoms with van der Waals surface area (Å²) >= 11 is 0. The van der Waals surface area contributed by atoms with Crippen molar-refractivity contribution >= 4 is 17.9 Å². The van der Waals surface area contributed by atoms with Crippen LogP contribution in [0.15, 0.2) is 85.1 Å². The highest BCUT2D eigenvalue weighted by atomic mass is 16.7.